The van der Waals surface area contributed by atoms with Gasteiger partial charge in [0.05, 0.1) is 6.54 Å². The molecule has 0 saturated heterocycles. The summed E-state index contributed by atoms with van der Waals surface area (Å²) in [5.74, 6) is 1.97. The minimum Gasteiger partial charge on any atom is -0.335 e. The molecule has 4 nitrogen and oxygen atoms in total. The van der Waals surface area contributed by atoms with Crippen molar-refractivity contribution < 1.29 is 4.79 Å². The van der Waals surface area contributed by atoms with E-state index in [1.54, 1.807) is 0 Å². The summed E-state index contributed by atoms with van der Waals surface area (Å²) in [6.07, 6.45) is 4.45. The van der Waals surface area contributed by atoms with Crippen molar-refractivity contribution in [3.05, 3.63) is 52.6 Å². The van der Waals surface area contributed by atoms with Crippen LogP contribution in [0.1, 0.15) is 62.2 Å². The number of carbonyl (C=O) groups excluding carboxylic acids is 1. The summed E-state index contributed by atoms with van der Waals surface area (Å²) >= 11 is 0. The summed E-state index contributed by atoms with van der Waals surface area (Å²) in [6, 6.07) is 4.46. The van der Waals surface area contributed by atoms with Gasteiger partial charge in [0.25, 0.3) is 0 Å². The van der Waals surface area contributed by atoms with E-state index in [4.69, 9.17) is 0 Å². The predicted molar refractivity (Wildman–Crippen MR) is 112 cm³/mol. The van der Waals surface area contributed by atoms with Gasteiger partial charge in [0.1, 0.15) is 5.82 Å². The van der Waals surface area contributed by atoms with E-state index in [1.807, 2.05) is 17.3 Å². The van der Waals surface area contributed by atoms with E-state index < -0.39 is 0 Å². The summed E-state index contributed by atoms with van der Waals surface area (Å²) < 4.78 is 2.18. The zero-order valence-corrected chi connectivity index (χ0v) is 18.0. The lowest BCUT2D eigenvalue weighted by Crippen LogP contribution is -2.35. The van der Waals surface area contributed by atoms with Crippen molar-refractivity contribution in [2.45, 2.75) is 68.0 Å². The summed E-state index contributed by atoms with van der Waals surface area (Å²) in [5.41, 5.74) is 5.25. The Morgan fingerprint density at radius 3 is 2.26 bits per heavy atom. The van der Waals surface area contributed by atoms with Crippen LogP contribution >= 0.6 is 0 Å². The third-order valence-corrected chi connectivity index (χ3v) is 4.82. The number of aromatic nitrogens is 2. The maximum atomic E-state index is 12.7. The van der Waals surface area contributed by atoms with E-state index in [2.05, 4.69) is 70.1 Å². The normalized spacial score (nSPS) is 11.4. The predicted octanol–water partition coefficient (Wildman–Crippen LogP) is 4.89. The average molecular weight is 370 g/mol. The zero-order valence-electron chi connectivity index (χ0n) is 18.0. The topological polar surface area (TPSA) is 38.1 Å². The van der Waals surface area contributed by atoms with Gasteiger partial charge in [-0.05, 0) is 49.3 Å². The van der Waals surface area contributed by atoms with Crippen LogP contribution in [0.4, 0.5) is 0 Å². The van der Waals surface area contributed by atoms with Gasteiger partial charge in [-0.15, -0.1) is 0 Å². The van der Waals surface area contributed by atoms with Crippen molar-refractivity contribution in [1.82, 2.24) is 14.5 Å². The lowest BCUT2D eigenvalue weighted by molar-refractivity contribution is -0.133. The summed E-state index contributed by atoms with van der Waals surface area (Å²) in [7, 11) is 0. The van der Waals surface area contributed by atoms with Crippen molar-refractivity contribution in [2.75, 3.05) is 6.54 Å². The molecule has 0 N–H and O–H groups in total. The highest BCUT2D eigenvalue weighted by Gasteiger charge is 2.19. The first-order valence-corrected chi connectivity index (χ1v) is 10.0. The van der Waals surface area contributed by atoms with Gasteiger partial charge in [-0.25, -0.2) is 4.98 Å². The smallest absolute Gasteiger partial charge is 0.223 e. The molecule has 0 saturated carbocycles. The van der Waals surface area contributed by atoms with Crippen LogP contribution in [0, 0.1) is 32.6 Å². The van der Waals surface area contributed by atoms with Crippen LogP contribution in [-0.4, -0.2) is 26.9 Å². The lowest BCUT2D eigenvalue weighted by atomic mass is 10.00. The second-order valence-electron chi connectivity index (χ2n) is 8.61. The van der Waals surface area contributed by atoms with Crippen LogP contribution in [0.2, 0.25) is 0 Å². The van der Waals surface area contributed by atoms with Gasteiger partial charge in [-0.3, -0.25) is 4.79 Å². The molecule has 0 unspecified atom stereocenters. The fourth-order valence-electron chi connectivity index (χ4n) is 3.61. The van der Waals surface area contributed by atoms with Crippen LogP contribution in [-0.2, 0) is 17.9 Å². The lowest BCUT2D eigenvalue weighted by Gasteiger charge is -2.26. The monoisotopic (exact) mass is 369 g/mol. The van der Waals surface area contributed by atoms with Gasteiger partial charge in [0, 0.05) is 31.9 Å². The molecule has 1 heterocycles. The highest BCUT2D eigenvalue weighted by atomic mass is 16.2. The van der Waals surface area contributed by atoms with Crippen LogP contribution < -0.4 is 0 Å². The first-order chi connectivity index (χ1) is 12.7. The zero-order chi connectivity index (χ0) is 20.1. The fraction of sp³-hybridized carbons (Fsp3) is 0.565. The number of carbonyl (C=O) groups is 1. The van der Waals surface area contributed by atoms with Gasteiger partial charge >= 0.3 is 0 Å². The third kappa shape index (κ3) is 5.95. The van der Waals surface area contributed by atoms with Crippen LogP contribution in [0.15, 0.2) is 24.5 Å². The number of hydrogen-bond donors (Lipinski definition) is 0. The van der Waals surface area contributed by atoms with Gasteiger partial charge in [-0.2, -0.15) is 0 Å². The molecule has 1 aromatic heterocycles. The van der Waals surface area contributed by atoms with Crippen molar-refractivity contribution in [3.8, 4) is 0 Å². The van der Waals surface area contributed by atoms with E-state index in [0.29, 0.717) is 24.8 Å². The largest absolute Gasteiger partial charge is 0.335 e. The number of benzene rings is 1. The van der Waals surface area contributed by atoms with Gasteiger partial charge in [0.15, 0.2) is 0 Å². The van der Waals surface area contributed by atoms with Gasteiger partial charge in [-0.1, -0.05) is 45.4 Å². The Bertz CT molecular complexity index is 751. The Labute approximate surface area is 164 Å². The van der Waals surface area contributed by atoms with Crippen molar-refractivity contribution in [2.24, 2.45) is 11.8 Å². The maximum Gasteiger partial charge on any atom is 0.223 e. The molecule has 148 valence electrons. The Hall–Kier alpha value is -2.10. The number of nitrogens with zero attached hydrogens (tertiary/aromatic N) is 3. The quantitative estimate of drug-likeness (QED) is 0.664. The van der Waals surface area contributed by atoms with E-state index in [1.165, 1.54) is 22.3 Å². The Balaban J connectivity index is 2.23. The molecule has 0 radical (unpaired) electrons. The standard InChI is InChI=1S/C23H35N3O/c1-16(2)10-23(27)26(13-17(3)4)15-22-24-8-9-25(22)14-21-19(6)11-18(5)12-20(21)7/h8-9,11-12,16-17H,10,13-15H2,1-7H3. The fourth-order valence-corrected chi connectivity index (χ4v) is 3.61. The number of amides is 1. The second kappa shape index (κ2) is 9.20. The highest BCUT2D eigenvalue weighted by Crippen LogP contribution is 2.19. The molecule has 1 amide bonds. The number of hydrogen-bond acceptors (Lipinski definition) is 2. The molecule has 0 aliphatic carbocycles. The highest BCUT2D eigenvalue weighted by molar-refractivity contribution is 5.76. The average Bonchev–Trinajstić information content (AvgIpc) is 2.96. The molecule has 1 aromatic carbocycles. The SMILES string of the molecule is Cc1cc(C)c(Cn2ccnc2CN(CC(C)C)C(=O)CC(C)C)c(C)c1. The van der Waals surface area contributed by atoms with Gasteiger partial charge in [0.2, 0.25) is 5.91 Å². The minimum absolute atomic E-state index is 0.218. The molecule has 0 bridgehead atoms. The summed E-state index contributed by atoms with van der Waals surface area (Å²) in [4.78, 5) is 19.3. The van der Waals surface area contributed by atoms with E-state index in [0.717, 1.165) is 18.9 Å². The molecule has 2 aromatic rings. The van der Waals surface area contributed by atoms with E-state index >= 15 is 0 Å². The molecule has 0 atom stereocenters. The second-order valence-corrected chi connectivity index (χ2v) is 8.61. The summed E-state index contributed by atoms with van der Waals surface area (Å²) in [5, 5.41) is 0. The van der Waals surface area contributed by atoms with E-state index in [9.17, 15) is 4.79 Å². The van der Waals surface area contributed by atoms with Crippen LogP contribution in [0.25, 0.3) is 0 Å². The number of aryl methyl sites for hydroxylation is 3. The maximum absolute atomic E-state index is 12.7. The molecular weight excluding hydrogens is 334 g/mol. The summed E-state index contributed by atoms with van der Waals surface area (Å²) in [6.45, 7) is 17.1. The molecule has 27 heavy (non-hydrogen) atoms. The molecule has 0 aliphatic rings. The van der Waals surface area contributed by atoms with Crippen LogP contribution in [0.5, 0.6) is 0 Å². The Morgan fingerprint density at radius 2 is 1.70 bits per heavy atom. The first-order valence-electron chi connectivity index (χ1n) is 10.0. The van der Waals surface area contributed by atoms with Crippen molar-refractivity contribution in [1.29, 1.82) is 0 Å². The molecule has 0 aliphatic heterocycles. The molecule has 4 heteroatoms. The Kier molecular flexibility index (Phi) is 7.23. The van der Waals surface area contributed by atoms with E-state index in [-0.39, 0.29) is 5.91 Å². The molecule has 2 rings (SSSR count). The van der Waals surface area contributed by atoms with Gasteiger partial charge < -0.3 is 9.47 Å². The Morgan fingerprint density at radius 1 is 1.07 bits per heavy atom. The number of rotatable bonds is 8. The molecule has 0 fully saturated rings. The van der Waals surface area contributed by atoms with Crippen molar-refractivity contribution in [3.63, 3.8) is 0 Å². The minimum atomic E-state index is 0.218. The number of imidazole rings is 1. The molecule has 0 spiro atoms. The van der Waals surface area contributed by atoms with Crippen molar-refractivity contribution >= 4 is 5.91 Å². The van der Waals surface area contributed by atoms with Crippen LogP contribution in [0.3, 0.4) is 0 Å². The molecular formula is C23H35N3O. The third-order valence-electron chi connectivity index (χ3n) is 4.82. The first kappa shape index (κ1) is 21.2.